The summed E-state index contributed by atoms with van der Waals surface area (Å²) in [6, 6.07) is -5.71. The van der Waals surface area contributed by atoms with E-state index >= 15 is 0 Å². The lowest BCUT2D eigenvalue weighted by atomic mass is 10.0. The van der Waals surface area contributed by atoms with Crippen molar-refractivity contribution in [3.05, 3.63) is 29.8 Å². The predicted octanol–water partition coefficient (Wildman–Crippen LogP) is -5.37. The van der Waals surface area contributed by atoms with Crippen LogP contribution in [0.25, 0.3) is 0 Å². The second-order valence-corrected chi connectivity index (χ2v) is 12.0. The van der Waals surface area contributed by atoms with Crippen LogP contribution in [0.15, 0.2) is 29.3 Å². The quantitative estimate of drug-likeness (QED) is 0.0264. The van der Waals surface area contributed by atoms with Crippen LogP contribution in [0.2, 0.25) is 0 Å². The lowest BCUT2D eigenvalue weighted by Crippen LogP contribution is -2.61. The number of guanidine groups is 1. The van der Waals surface area contributed by atoms with Crippen LogP contribution in [0.3, 0.4) is 0 Å². The maximum Gasteiger partial charge on any atom is 0.326 e. The summed E-state index contributed by atoms with van der Waals surface area (Å²) in [5, 5.41) is 67.3. The Kier molecular flexibility index (Phi) is 19.0. The van der Waals surface area contributed by atoms with Crippen molar-refractivity contribution in [2.24, 2.45) is 22.2 Å². The van der Waals surface area contributed by atoms with Gasteiger partial charge in [-0.25, -0.2) is 4.79 Å². The number of hydrogen-bond acceptors (Lipinski definition) is 13. The van der Waals surface area contributed by atoms with Crippen LogP contribution < -0.4 is 43.8 Å². The molecule has 0 spiro atoms. The standard InChI is InChI=1S/C31H45N9O15/c1-13(41)24(29(53)39-20(30(54)55)12-23(47)48)40-28(52)19(11-22(45)46)38-26(50)17(9-14-4-6-15(42)7-5-14)37-27(51)18(10-21(43)44)36-25(49)16(32)3-2-8-35-31(33)34/h4-7,13,16-20,24,41-42H,2-3,8-12,32H2,1H3,(H,36,49)(H,37,51)(H,38,50)(H,39,53)(H,40,52)(H,43,44)(H,45,46)(H,47,48)(H,54,55)(H4,33,34,35)/t13-,16+,17+,18+,19+,20+,24+/m1/s1. The SMILES string of the molecule is C[C@@H](O)[C@H](NC(=O)[C@H](CC(=O)O)NC(=O)[C@H](Cc1ccc(O)cc1)NC(=O)[C@H](CC(=O)O)NC(=O)[C@@H](N)CCCN=C(N)N)C(=O)N[C@@H](CC(=O)O)C(=O)O. The van der Waals surface area contributed by atoms with Crippen molar-refractivity contribution in [1.29, 1.82) is 0 Å². The number of nitrogens with two attached hydrogens (primary N) is 3. The minimum Gasteiger partial charge on any atom is -0.508 e. The topological polar surface area (TPSA) is 426 Å². The molecule has 0 heterocycles. The van der Waals surface area contributed by atoms with Gasteiger partial charge < -0.3 is 74.4 Å². The summed E-state index contributed by atoms with van der Waals surface area (Å²) in [4.78, 5) is 115. The van der Waals surface area contributed by atoms with E-state index in [1.165, 1.54) is 24.3 Å². The van der Waals surface area contributed by atoms with E-state index in [4.69, 9.17) is 22.3 Å². The predicted molar refractivity (Wildman–Crippen MR) is 185 cm³/mol. The number of amides is 5. The number of carbonyl (C=O) groups excluding carboxylic acids is 5. The summed E-state index contributed by atoms with van der Waals surface area (Å²) >= 11 is 0. The van der Waals surface area contributed by atoms with Gasteiger partial charge in [0.2, 0.25) is 29.5 Å². The van der Waals surface area contributed by atoms with Crippen LogP contribution in [0.1, 0.15) is 44.6 Å². The Bertz CT molecular complexity index is 1600. The minimum absolute atomic E-state index is 0.0169. The summed E-state index contributed by atoms with van der Waals surface area (Å²) in [7, 11) is 0. The number of aromatic hydroxyl groups is 1. The summed E-state index contributed by atoms with van der Waals surface area (Å²) in [5.41, 5.74) is 16.6. The van der Waals surface area contributed by atoms with E-state index in [1.807, 2.05) is 10.6 Å². The molecule has 0 radical (unpaired) electrons. The van der Waals surface area contributed by atoms with E-state index in [0.29, 0.717) is 0 Å². The maximum absolute atomic E-state index is 13.6. The minimum atomic E-state index is -2.04. The first-order chi connectivity index (χ1) is 25.6. The fraction of sp³-hybridized carbons (Fsp3) is 0.484. The highest BCUT2D eigenvalue weighted by molar-refractivity contribution is 5.98. The van der Waals surface area contributed by atoms with Crippen molar-refractivity contribution < 1.29 is 73.8 Å². The Morgan fingerprint density at radius 1 is 0.655 bits per heavy atom. The van der Waals surface area contributed by atoms with Crippen LogP contribution in [0.4, 0.5) is 0 Å². The molecule has 24 heteroatoms. The van der Waals surface area contributed by atoms with E-state index in [2.05, 4.69) is 20.9 Å². The van der Waals surface area contributed by atoms with E-state index < -0.39 is 121 Å². The van der Waals surface area contributed by atoms with Gasteiger partial charge in [-0.3, -0.25) is 43.3 Å². The number of rotatable bonds is 24. The largest absolute Gasteiger partial charge is 0.508 e. The molecule has 0 aliphatic heterocycles. The Balaban J connectivity index is 3.37. The molecule has 0 unspecified atom stereocenters. The number of hydrogen-bond donors (Lipinski definition) is 14. The van der Waals surface area contributed by atoms with Gasteiger partial charge in [-0.1, -0.05) is 12.1 Å². The molecule has 0 aromatic heterocycles. The molecule has 1 rings (SSSR count). The van der Waals surface area contributed by atoms with E-state index in [-0.39, 0.29) is 36.7 Å². The number of aliphatic imine (C=N–C) groups is 1. The Morgan fingerprint density at radius 2 is 1.09 bits per heavy atom. The number of phenols is 1. The number of aliphatic carboxylic acids is 4. The first-order valence-electron chi connectivity index (χ1n) is 16.3. The summed E-state index contributed by atoms with van der Waals surface area (Å²) < 4.78 is 0. The van der Waals surface area contributed by atoms with Crippen molar-refractivity contribution in [2.45, 2.75) is 87.8 Å². The third-order valence-corrected chi connectivity index (χ3v) is 7.39. The Labute approximate surface area is 311 Å². The highest BCUT2D eigenvalue weighted by Crippen LogP contribution is 2.13. The molecule has 5 amide bonds. The van der Waals surface area contributed by atoms with E-state index in [9.17, 15) is 68.7 Å². The number of aliphatic hydroxyl groups is 1. The van der Waals surface area contributed by atoms with Crippen LogP contribution >= 0.6 is 0 Å². The van der Waals surface area contributed by atoms with Crippen LogP contribution in [-0.4, -0.2) is 139 Å². The monoisotopic (exact) mass is 783 g/mol. The Morgan fingerprint density at radius 3 is 1.56 bits per heavy atom. The molecule has 0 aliphatic rings. The number of carbonyl (C=O) groups is 9. The zero-order valence-electron chi connectivity index (χ0n) is 29.3. The molecule has 304 valence electrons. The molecule has 7 atom stereocenters. The fourth-order valence-corrected chi connectivity index (χ4v) is 4.61. The van der Waals surface area contributed by atoms with Gasteiger partial charge in [0.1, 0.15) is 36.0 Å². The van der Waals surface area contributed by atoms with Crippen molar-refractivity contribution in [3.63, 3.8) is 0 Å². The highest BCUT2D eigenvalue weighted by Gasteiger charge is 2.36. The molecule has 1 aromatic rings. The average Bonchev–Trinajstić information content (AvgIpc) is 3.07. The average molecular weight is 784 g/mol. The first kappa shape index (κ1) is 46.5. The number of nitrogens with one attached hydrogen (secondary N) is 5. The number of carboxylic acids is 4. The molecule has 0 saturated heterocycles. The van der Waals surface area contributed by atoms with Crippen molar-refractivity contribution >= 4 is 59.4 Å². The second-order valence-electron chi connectivity index (χ2n) is 12.0. The zero-order valence-corrected chi connectivity index (χ0v) is 29.3. The molecule has 0 fully saturated rings. The molecule has 0 saturated carbocycles. The van der Waals surface area contributed by atoms with Crippen molar-refractivity contribution in [2.75, 3.05) is 6.54 Å². The first-order valence-corrected chi connectivity index (χ1v) is 16.3. The smallest absolute Gasteiger partial charge is 0.326 e. The van der Waals surface area contributed by atoms with Crippen LogP contribution in [0, 0.1) is 0 Å². The Hall–Kier alpha value is -6.56. The van der Waals surface area contributed by atoms with Gasteiger partial charge in [-0.05, 0) is 37.5 Å². The van der Waals surface area contributed by atoms with E-state index in [1.54, 1.807) is 0 Å². The second kappa shape index (κ2) is 22.5. The summed E-state index contributed by atoms with van der Waals surface area (Å²) in [6.45, 7) is 1.10. The number of phenolic OH excluding ortho intramolecular Hbond substituents is 1. The molecule has 55 heavy (non-hydrogen) atoms. The molecule has 0 bridgehead atoms. The fourth-order valence-electron chi connectivity index (χ4n) is 4.61. The number of carboxylic acid groups (broad SMARTS) is 4. The third kappa shape index (κ3) is 17.7. The van der Waals surface area contributed by atoms with Gasteiger partial charge in [0, 0.05) is 13.0 Å². The third-order valence-electron chi connectivity index (χ3n) is 7.39. The lowest BCUT2D eigenvalue weighted by Gasteiger charge is -2.27. The lowest BCUT2D eigenvalue weighted by molar-refractivity contribution is -0.148. The van der Waals surface area contributed by atoms with Gasteiger partial charge in [0.15, 0.2) is 5.96 Å². The maximum atomic E-state index is 13.6. The van der Waals surface area contributed by atoms with E-state index in [0.717, 1.165) is 6.92 Å². The van der Waals surface area contributed by atoms with Crippen LogP contribution in [0.5, 0.6) is 5.75 Å². The van der Waals surface area contributed by atoms with Gasteiger partial charge in [0.25, 0.3) is 0 Å². The molecule has 1 aromatic carbocycles. The molecule has 0 aliphatic carbocycles. The molecule has 24 nitrogen and oxygen atoms in total. The molecular weight excluding hydrogens is 738 g/mol. The number of nitrogens with zero attached hydrogens (tertiary/aromatic N) is 1. The number of benzene rings is 1. The number of aliphatic hydroxyl groups excluding tert-OH is 1. The highest BCUT2D eigenvalue weighted by atomic mass is 16.4. The van der Waals surface area contributed by atoms with Crippen LogP contribution in [-0.2, 0) is 49.6 Å². The molecular formula is C31H45N9O15. The molecule has 17 N–H and O–H groups in total. The normalized spacial score (nSPS) is 14.5. The summed E-state index contributed by atoms with van der Waals surface area (Å²) in [5.74, 6) is -13.2. The zero-order chi connectivity index (χ0) is 42.0. The van der Waals surface area contributed by atoms with Gasteiger partial charge >= 0.3 is 23.9 Å². The van der Waals surface area contributed by atoms with Crippen molar-refractivity contribution in [3.8, 4) is 5.75 Å². The summed E-state index contributed by atoms with van der Waals surface area (Å²) in [6.07, 6.45) is -5.18. The van der Waals surface area contributed by atoms with Gasteiger partial charge in [-0.15, -0.1) is 0 Å². The van der Waals surface area contributed by atoms with Gasteiger partial charge in [-0.2, -0.15) is 0 Å². The van der Waals surface area contributed by atoms with Gasteiger partial charge in [0.05, 0.1) is 31.4 Å². The van der Waals surface area contributed by atoms with Crippen molar-refractivity contribution in [1.82, 2.24) is 26.6 Å².